The van der Waals surface area contributed by atoms with Crippen LogP contribution in [-0.4, -0.2) is 52.9 Å². The van der Waals surface area contributed by atoms with E-state index < -0.39 is 5.91 Å². The van der Waals surface area contributed by atoms with Crippen LogP contribution in [0.5, 0.6) is 5.75 Å². The van der Waals surface area contributed by atoms with Gasteiger partial charge in [0.25, 0.3) is 11.8 Å². The van der Waals surface area contributed by atoms with Crippen molar-refractivity contribution in [2.24, 2.45) is 0 Å². The SMILES string of the molecule is N#Cc1cccc(C(=O)Nc2cccc(CN3CCN(C(=O)c4ccccc4)CC3)c2O)c1. The van der Waals surface area contributed by atoms with Crippen LogP contribution in [0.15, 0.2) is 72.8 Å². The number of nitriles is 1. The first-order valence-electron chi connectivity index (χ1n) is 10.7. The smallest absolute Gasteiger partial charge is 0.255 e. The topological polar surface area (TPSA) is 96.7 Å². The second-order valence-corrected chi connectivity index (χ2v) is 7.89. The number of benzene rings is 3. The second kappa shape index (κ2) is 9.98. The summed E-state index contributed by atoms with van der Waals surface area (Å²) in [5.41, 5.74) is 2.44. The molecule has 166 valence electrons. The van der Waals surface area contributed by atoms with Gasteiger partial charge in [0.1, 0.15) is 5.75 Å². The van der Waals surface area contributed by atoms with Gasteiger partial charge in [-0.1, -0.05) is 36.4 Å². The summed E-state index contributed by atoms with van der Waals surface area (Å²) in [7, 11) is 0. The lowest BCUT2D eigenvalue weighted by atomic mass is 10.1. The predicted octanol–water partition coefficient (Wildman–Crippen LogP) is 3.47. The van der Waals surface area contributed by atoms with Gasteiger partial charge < -0.3 is 15.3 Å². The maximum Gasteiger partial charge on any atom is 0.255 e. The number of aromatic hydroxyl groups is 1. The number of para-hydroxylation sites is 1. The summed E-state index contributed by atoms with van der Waals surface area (Å²) in [6.07, 6.45) is 0. The minimum absolute atomic E-state index is 0.0186. The number of piperazine rings is 1. The van der Waals surface area contributed by atoms with E-state index in [1.807, 2.05) is 47.4 Å². The van der Waals surface area contributed by atoms with E-state index in [-0.39, 0.29) is 11.7 Å². The molecule has 0 radical (unpaired) electrons. The van der Waals surface area contributed by atoms with Gasteiger partial charge in [-0.3, -0.25) is 14.5 Å². The zero-order chi connectivity index (χ0) is 23.2. The van der Waals surface area contributed by atoms with Crippen LogP contribution in [0.25, 0.3) is 0 Å². The van der Waals surface area contributed by atoms with Crippen molar-refractivity contribution in [1.82, 2.24) is 9.80 Å². The Labute approximate surface area is 192 Å². The standard InChI is InChI=1S/C26H24N4O3/c27-17-19-6-4-9-21(16-19)25(32)28-23-11-5-10-22(24(23)31)18-29-12-14-30(15-13-29)26(33)20-7-2-1-3-8-20/h1-11,16,31H,12-15,18H2,(H,28,32). The van der Waals surface area contributed by atoms with Crippen LogP contribution < -0.4 is 5.32 Å². The maximum absolute atomic E-state index is 12.6. The van der Waals surface area contributed by atoms with E-state index in [0.29, 0.717) is 60.7 Å². The number of nitrogens with one attached hydrogen (secondary N) is 1. The summed E-state index contributed by atoms with van der Waals surface area (Å²) < 4.78 is 0. The molecule has 0 aliphatic carbocycles. The monoisotopic (exact) mass is 440 g/mol. The van der Waals surface area contributed by atoms with Crippen LogP contribution >= 0.6 is 0 Å². The third kappa shape index (κ3) is 5.20. The average Bonchev–Trinajstić information content (AvgIpc) is 2.87. The molecular formula is C26H24N4O3. The first kappa shape index (κ1) is 22.1. The minimum Gasteiger partial charge on any atom is -0.505 e. The fourth-order valence-electron chi connectivity index (χ4n) is 3.86. The van der Waals surface area contributed by atoms with Gasteiger partial charge in [-0.05, 0) is 36.4 Å². The van der Waals surface area contributed by atoms with Gasteiger partial charge in [-0.15, -0.1) is 0 Å². The van der Waals surface area contributed by atoms with Crippen LogP contribution in [0.3, 0.4) is 0 Å². The van der Waals surface area contributed by atoms with Gasteiger partial charge in [0.2, 0.25) is 0 Å². The number of rotatable bonds is 5. The van der Waals surface area contributed by atoms with Crippen molar-refractivity contribution in [2.45, 2.75) is 6.54 Å². The van der Waals surface area contributed by atoms with Crippen molar-refractivity contribution in [3.63, 3.8) is 0 Å². The van der Waals surface area contributed by atoms with Crippen LogP contribution in [0.2, 0.25) is 0 Å². The molecule has 0 aromatic heterocycles. The second-order valence-electron chi connectivity index (χ2n) is 7.89. The van der Waals surface area contributed by atoms with E-state index in [4.69, 9.17) is 5.26 Å². The molecule has 7 nitrogen and oxygen atoms in total. The molecule has 3 aromatic rings. The van der Waals surface area contributed by atoms with Crippen molar-refractivity contribution in [1.29, 1.82) is 5.26 Å². The lowest BCUT2D eigenvalue weighted by Gasteiger charge is -2.35. The fourth-order valence-corrected chi connectivity index (χ4v) is 3.86. The number of nitrogens with zero attached hydrogens (tertiary/aromatic N) is 3. The fraction of sp³-hybridized carbons (Fsp3) is 0.192. The number of hydrogen-bond acceptors (Lipinski definition) is 5. The zero-order valence-electron chi connectivity index (χ0n) is 18.1. The molecule has 1 heterocycles. The van der Waals surface area contributed by atoms with E-state index in [2.05, 4.69) is 10.2 Å². The Bertz CT molecular complexity index is 1200. The summed E-state index contributed by atoms with van der Waals surface area (Å²) in [4.78, 5) is 29.2. The highest BCUT2D eigenvalue weighted by Gasteiger charge is 2.23. The molecule has 2 amide bonds. The first-order valence-corrected chi connectivity index (χ1v) is 10.7. The van der Waals surface area contributed by atoms with Crippen LogP contribution in [0, 0.1) is 11.3 Å². The van der Waals surface area contributed by atoms with Crippen LogP contribution in [-0.2, 0) is 6.54 Å². The summed E-state index contributed by atoms with van der Waals surface area (Å²) in [5.74, 6) is -0.346. The Morgan fingerprint density at radius 1 is 0.909 bits per heavy atom. The molecule has 1 fully saturated rings. The molecular weight excluding hydrogens is 416 g/mol. The van der Waals surface area contributed by atoms with Gasteiger partial charge in [-0.2, -0.15) is 5.26 Å². The van der Waals surface area contributed by atoms with E-state index in [1.54, 1.807) is 30.3 Å². The Kier molecular flexibility index (Phi) is 6.67. The Balaban J connectivity index is 1.38. The van der Waals surface area contributed by atoms with Crippen molar-refractivity contribution in [2.75, 3.05) is 31.5 Å². The number of carbonyl (C=O) groups is 2. The summed E-state index contributed by atoms with van der Waals surface area (Å²) in [6.45, 7) is 3.11. The van der Waals surface area contributed by atoms with Gasteiger partial charge in [-0.25, -0.2) is 0 Å². The van der Waals surface area contributed by atoms with Gasteiger partial charge >= 0.3 is 0 Å². The van der Waals surface area contributed by atoms with Gasteiger partial charge in [0.05, 0.1) is 17.3 Å². The van der Waals surface area contributed by atoms with Gasteiger partial charge in [0, 0.05) is 49.4 Å². The number of phenols is 1. The molecule has 0 unspecified atom stereocenters. The predicted molar refractivity (Wildman–Crippen MR) is 125 cm³/mol. The number of hydrogen-bond donors (Lipinski definition) is 2. The van der Waals surface area contributed by atoms with E-state index >= 15 is 0 Å². The molecule has 1 aliphatic rings. The zero-order valence-corrected chi connectivity index (χ0v) is 18.1. The minimum atomic E-state index is -0.396. The third-order valence-electron chi connectivity index (χ3n) is 5.70. The molecule has 0 atom stereocenters. The molecule has 4 rings (SSSR count). The third-order valence-corrected chi connectivity index (χ3v) is 5.70. The summed E-state index contributed by atoms with van der Waals surface area (Å²) in [5, 5.41) is 22.5. The van der Waals surface area contributed by atoms with Gasteiger partial charge in [0.15, 0.2) is 0 Å². The number of anilines is 1. The molecule has 2 N–H and O–H groups in total. The van der Waals surface area contributed by atoms with Crippen molar-refractivity contribution < 1.29 is 14.7 Å². The molecule has 1 saturated heterocycles. The van der Waals surface area contributed by atoms with Crippen LogP contribution in [0.1, 0.15) is 31.8 Å². The number of carbonyl (C=O) groups excluding carboxylic acids is 2. The molecule has 0 bridgehead atoms. The highest BCUT2D eigenvalue weighted by molar-refractivity contribution is 6.05. The first-order chi connectivity index (χ1) is 16.0. The highest BCUT2D eigenvalue weighted by Crippen LogP contribution is 2.29. The summed E-state index contributed by atoms with van der Waals surface area (Å²) >= 11 is 0. The average molecular weight is 441 g/mol. The van der Waals surface area contributed by atoms with Crippen LogP contribution in [0.4, 0.5) is 5.69 Å². The maximum atomic E-state index is 12.6. The Morgan fingerprint density at radius 3 is 2.33 bits per heavy atom. The number of phenolic OH excluding ortho intramolecular Hbond substituents is 1. The Hall–Kier alpha value is -4.15. The largest absolute Gasteiger partial charge is 0.505 e. The van der Waals surface area contributed by atoms with E-state index in [0.717, 1.165) is 0 Å². The van der Waals surface area contributed by atoms with Crippen molar-refractivity contribution in [3.05, 3.63) is 95.1 Å². The summed E-state index contributed by atoms with van der Waals surface area (Å²) in [6, 6.07) is 22.9. The van der Waals surface area contributed by atoms with Crippen molar-refractivity contribution >= 4 is 17.5 Å². The molecule has 0 saturated carbocycles. The quantitative estimate of drug-likeness (QED) is 0.592. The number of amides is 2. The van der Waals surface area contributed by atoms with E-state index in [1.165, 1.54) is 6.07 Å². The molecule has 3 aromatic carbocycles. The molecule has 7 heteroatoms. The Morgan fingerprint density at radius 2 is 1.61 bits per heavy atom. The van der Waals surface area contributed by atoms with E-state index in [9.17, 15) is 14.7 Å². The lowest BCUT2D eigenvalue weighted by molar-refractivity contribution is 0.0627. The molecule has 1 aliphatic heterocycles. The highest BCUT2D eigenvalue weighted by atomic mass is 16.3. The molecule has 33 heavy (non-hydrogen) atoms. The van der Waals surface area contributed by atoms with Crippen molar-refractivity contribution in [3.8, 4) is 11.8 Å². The molecule has 0 spiro atoms. The lowest BCUT2D eigenvalue weighted by Crippen LogP contribution is -2.48. The normalized spacial score (nSPS) is 13.8.